The molecule has 2 rings (SSSR count). The number of para-hydroxylation sites is 1. The summed E-state index contributed by atoms with van der Waals surface area (Å²) in [4.78, 5) is 17.5. The Morgan fingerprint density at radius 3 is 2.64 bits per heavy atom. The molecule has 14 heavy (non-hydrogen) atoms. The van der Waals surface area contributed by atoms with Crippen molar-refractivity contribution in [1.29, 1.82) is 0 Å². The first kappa shape index (κ1) is 11.2. The Labute approximate surface area is 95.9 Å². The lowest BCUT2D eigenvalue weighted by molar-refractivity contribution is 0.843. The lowest BCUT2D eigenvalue weighted by Crippen LogP contribution is -2.16. The summed E-state index contributed by atoms with van der Waals surface area (Å²) < 4.78 is 1.47. The molecule has 74 valence electrons. The first-order valence-corrected chi connectivity index (χ1v) is 6.23. The van der Waals surface area contributed by atoms with Gasteiger partial charge in [0.2, 0.25) is 0 Å². The molecule has 0 saturated carbocycles. The molecular weight excluding hydrogens is 291 g/mol. The van der Waals surface area contributed by atoms with E-state index in [1.165, 1.54) is 10.9 Å². The number of fused-ring (bicyclic) bond motifs is 1. The number of rotatable bonds is 0. The Kier molecular flexibility index (Phi) is 4.06. The molecule has 0 N–H and O–H groups in total. The van der Waals surface area contributed by atoms with E-state index in [4.69, 9.17) is 0 Å². The summed E-state index contributed by atoms with van der Waals surface area (Å²) in [6, 6.07) is 7.32. The van der Waals surface area contributed by atoms with Gasteiger partial charge in [0, 0.05) is 7.05 Å². The van der Waals surface area contributed by atoms with Crippen molar-refractivity contribution in [2.24, 2.45) is 7.05 Å². The Hall–Kier alpha value is -0.910. The SMILES string of the molecule is CI.Cn1cnc2ccccc2c1=O. The molecule has 0 fully saturated rings. The van der Waals surface area contributed by atoms with Gasteiger partial charge in [-0.25, -0.2) is 4.98 Å². The molecule has 0 bridgehead atoms. The van der Waals surface area contributed by atoms with Crippen molar-refractivity contribution >= 4 is 33.5 Å². The van der Waals surface area contributed by atoms with Crippen LogP contribution in [0.2, 0.25) is 0 Å². The van der Waals surface area contributed by atoms with Crippen molar-refractivity contribution in [2.45, 2.75) is 0 Å². The largest absolute Gasteiger partial charge is 0.302 e. The maximum Gasteiger partial charge on any atom is 0.260 e. The van der Waals surface area contributed by atoms with Gasteiger partial charge < -0.3 is 4.57 Å². The summed E-state index contributed by atoms with van der Waals surface area (Å²) >= 11 is 2.15. The van der Waals surface area contributed by atoms with Crippen molar-refractivity contribution in [2.75, 3.05) is 4.93 Å². The quantitative estimate of drug-likeness (QED) is 0.551. The summed E-state index contributed by atoms with van der Waals surface area (Å²) in [7, 11) is 1.70. The van der Waals surface area contributed by atoms with Crippen LogP contribution in [0.4, 0.5) is 0 Å². The first-order chi connectivity index (χ1) is 6.79. The smallest absolute Gasteiger partial charge is 0.260 e. The van der Waals surface area contributed by atoms with Gasteiger partial charge >= 0.3 is 0 Å². The molecule has 0 saturated heterocycles. The molecule has 1 aromatic carbocycles. The lowest BCUT2D eigenvalue weighted by Gasteiger charge is -1.97. The second-order valence-corrected chi connectivity index (χ2v) is 2.68. The van der Waals surface area contributed by atoms with Crippen LogP contribution in [0, 0.1) is 0 Å². The summed E-state index contributed by atoms with van der Waals surface area (Å²) in [6.45, 7) is 0. The van der Waals surface area contributed by atoms with Crippen molar-refractivity contribution in [3.63, 3.8) is 0 Å². The number of hydrogen-bond donors (Lipinski definition) is 0. The fraction of sp³-hybridized carbons (Fsp3) is 0.200. The zero-order valence-corrected chi connectivity index (χ0v) is 10.2. The van der Waals surface area contributed by atoms with E-state index in [0.717, 1.165) is 5.52 Å². The van der Waals surface area contributed by atoms with Gasteiger partial charge in [0.15, 0.2) is 0 Å². The summed E-state index contributed by atoms with van der Waals surface area (Å²) in [5, 5.41) is 0.669. The average Bonchev–Trinajstić information content (AvgIpc) is 2.27. The summed E-state index contributed by atoms with van der Waals surface area (Å²) in [5.74, 6) is 0. The van der Waals surface area contributed by atoms with Crippen LogP contribution in [0.25, 0.3) is 10.9 Å². The molecule has 0 spiro atoms. The molecule has 3 nitrogen and oxygen atoms in total. The minimum atomic E-state index is 0.000556. The number of nitrogens with zero attached hydrogens (tertiary/aromatic N) is 2. The van der Waals surface area contributed by atoms with Gasteiger partial charge in [0.1, 0.15) is 0 Å². The second kappa shape index (κ2) is 5.09. The number of aromatic nitrogens is 2. The van der Waals surface area contributed by atoms with E-state index < -0.39 is 0 Å². The van der Waals surface area contributed by atoms with Crippen LogP contribution in [-0.2, 0) is 7.05 Å². The summed E-state index contributed by atoms with van der Waals surface area (Å²) in [6.07, 6.45) is 1.53. The molecule has 4 heteroatoms. The van der Waals surface area contributed by atoms with Gasteiger partial charge in [-0.2, -0.15) is 0 Å². The topological polar surface area (TPSA) is 34.9 Å². The van der Waals surface area contributed by atoms with Crippen molar-refractivity contribution in [1.82, 2.24) is 9.55 Å². The number of hydrogen-bond acceptors (Lipinski definition) is 2. The molecule has 0 aliphatic heterocycles. The average molecular weight is 302 g/mol. The molecule has 0 amide bonds. The number of benzene rings is 1. The van der Waals surface area contributed by atoms with Crippen LogP contribution >= 0.6 is 22.6 Å². The van der Waals surface area contributed by atoms with Crippen LogP contribution in [0.5, 0.6) is 0 Å². The molecule has 0 aliphatic rings. The lowest BCUT2D eigenvalue weighted by atomic mass is 10.2. The Morgan fingerprint density at radius 1 is 1.29 bits per heavy atom. The third-order valence-corrected chi connectivity index (χ3v) is 1.82. The fourth-order valence-corrected chi connectivity index (χ4v) is 1.16. The highest BCUT2D eigenvalue weighted by molar-refractivity contribution is 14.1. The highest BCUT2D eigenvalue weighted by Crippen LogP contribution is 2.03. The Morgan fingerprint density at radius 2 is 1.93 bits per heavy atom. The second-order valence-electron chi connectivity index (χ2n) is 2.68. The van der Waals surface area contributed by atoms with E-state index in [1.54, 1.807) is 13.1 Å². The van der Waals surface area contributed by atoms with Gasteiger partial charge in [-0.3, -0.25) is 4.79 Å². The third-order valence-electron chi connectivity index (χ3n) is 1.82. The van der Waals surface area contributed by atoms with Crippen LogP contribution in [0.1, 0.15) is 0 Å². The first-order valence-electron chi connectivity index (χ1n) is 4.07. The summed E-state index contributed by atoms with van der Waals surface area (Å²) in [5.41, 5.74) is 0.751. The molecule has 1 heterocycles. The van der Waals surface area contributed by atoms with E-state index in [9.17, 15) is 4.79 Å². The predicted octanol–water partition coefficient (Wildman–Crippen LogP) is 1.98. The highest BCUT2D eigenvalue weighted by Gasteiger charge is 1.97. The van der Waals surface area contributed by atoms with Gasteiger partial charge in [0.25, 0.3) is 5.56 Å². The third kappa shape index (κ3) is 2.12. The van der Waals surface area contributed by atoms with Gasteiger partial charge in [-0.1, -0.05) is 34.7 Å². The monoisotopic (exact) mass is 302 g/mol. The number of halogens is 1. The molecule has 1 aromatic heterocycles. The molecule has 0 aliphatic carbocycles. The van der Waals surface area contributed by atoms with Gasteiger partial charge in [-0.15, -0.1) is 0 Å². The van der Waals surface area contributed by atoms with E-state index in [-0.39, 0.29) is 5.56 Å². The number of alkyl halides is 1. The maximum atomic E-state index is 11.5. The molecule has 0 radical (unpaired) electrons. The van der Waals surface area contributed by atoms with Crippen LogP contribution in [-0.4, -0.2) is 14.5 Å². The van der Waals surface area contributed by atoms with Crippen LogP contribution in [0.3, 0.4) is 0 Å². The van der Waals surface area contributed by atoms with E-state index >= 15 is 0 Å². The van der Waals surface area contributed by atoms with Crippen molar-refractivity contribution in [3.8, 4) is 0 Å². The van der Waals surface area contributed by atoms with Gasteiger partial charge in [-0.05, 0) is 17.1 Å². The molecule has 0 atom stereocenters. The van der Waals surface area contributed by atoms with Crippen molar-refractivity contribution < 1.29 is 0 Å². The Balaban J connectivity index is 0.000000461. The molecule has 0 unspecified atom stereocenters. The maximum absolute atomic E-state index is 11.5. The van der Waals surface area contributed by atoms with E-state index in [2.05, 4.69) is 27.6 Å². The predicted molar refractivity (Wildman–Crippen MR) is 66.9 cm³/mol. The zero-order chi connectivity index (χ0) is 10.6. The van der Waals surface area contributed by atoms with Crippen molar-refractivity contribution in [3.05, 3.63) is 40.9 Å². The molecule has 2 aromatic rings. The normalized spacial score (nSPS) is 9.36. The van der Waals surface area contributed by atoms with E-state index in [1.807, 2.05) is 23.1 Å². The standard InChI is InChI=1S/C9H8N2O.CH3I/c1-11-6-10-8-5-3-2-4-7(8)9(11)12;1-2/h2-6H,1H3;1H3. The fourth-order valence-electron chi connectivity index (χ4n) is 1.16. The van der Waals surface area contributed by atoms with E-state index in [0.29, 0.717) is 5.39 Å². The minimum Gasteiger partial charge on any atom is -0.302 e. The van der Waals surface area contributed by atoms with Crippen LogP contribution < -0.4 is 5.56 Å². The number of aryl methyl sites for hydroxylation is 1. The zero-order valence-electron chi connectivity index (χ0n) is 8.07. The Bertz CT molecular complexity index is 479. The molecular formula is C10H11IN2O. The minimum absolute atomic E-state index is 0.000556. The highest BCUT2D eigenvalue weighted by atomic mass is 127. The van der Waals surface area contributed by atoms with Gasteiger partial charge in [0.05, 0.1) is 17.2 Å². The van der Waals surface area contributed by atoms with Crippen LogP contribution in [0.15, 0.2) is 35.4 Å².